The average molecular weight is 423 g/mol. The lowest BCUT2D eigenvalue weighted by atomic mass is 9.99. The van der Waals surface area contributed by atoms with Crippen molar-refractivity contribution >= 4 is 43.5 Å². The standard InChI is InChI=1S/C14H12Br2ClFN2/c15-11-7-9(17)2-3-10(11)14(20-19)6-8-1-4-13(18)12(16)5-8/h1-5,7,14,20H,6,19H2. The Hall–Kier alpha value is -0.460. The van der Waals surface area contributed by atoms with E-state index in [0.717, 1.165) is 15.6 Å². The second-order valence-corrected chi connectivity index (χ2v) is 6.48. The Morgan fingerprint density at radius 1 is 1.15 bits per heavy atom. The first-order valence-corrected chi connectivity index (χ1v) is 7.82. The molecule has 106 valence electrons. The van der Waals surface area contributed by atoms with Gasteiger partial charge in [-0.2, -0.15) is 0 Å². The third-order valence-corrected chi connectivity index (χ3v) is 4.49. The molecule has 0 aliphatic heterocycles. The van der Waals surface area contributed by atoms with Crippen molar-refractivity contribution in [1.29, 1.82) is 0 Å². The summed E-state index contributed by atoms with van der Waals surface area (Å²) >= 11 is 12.6. The minimum atomic E-state index is -0.279. The Labute approximate surface area is 138 Å². The van der Waals surface area contributed by atoms with Crippen molar-refractivity contribution in [3.63, 3.8) is 0 Å². The maximum Gasteiger partial charge on any atom is 0.137 e. The van der Waals surface area contributed by atoms with Crippen LogP contribution in [0.15, 0.2) is 45.3 Å². The van der Waals surface area contributed by atoms with Crippen molar-refractivity contribution in [2.45, 2.75) is 12.5 Å². The molecule has 0 radical (unpaired) electrons. The molecule has 2 aromatic carbocycles. The van der Waals surface area contributed by atoms with Gasteiger partial charge in [0.1, 0.15) is 5.82 Å². The van der Waals surface area contributed by atoms with Crippen molar-refractivity contribution in [3.8, 4) is 0 Å². The lowest BCUT2D eigenvalue weighted by molar-refractivity contribution is 0.548. The second kappa shape index (κ2) is 7.00. The highest BCUT2D eigenvalue weighted by Gasteiger charge is 2.14. The topological polar surface area (TPSA) is 38.0 Å². The van der Waals surface area contributed by atoms with Gasteiger partial charge in [-0.1, -0.05) is 39.7 Å². The van der Waals surface area contributed by atoms with Gasteiger partial charge in [-0.15, -0.1) is 0 Å². The van der Waals surface area contributed by atoms with E-state index in [0.29, 0.717) is 15.9 Å². The monoisotopic (exact) mass is 420 g/mol. The van der Waals surface area contributed by atoms with Crippen LogP contribution in [0.1, 0.15) is 17.2 Å². The largest absolute Gasteiger partial charge is 0.271 e. The number of rotatable bonds is 4. The van der Waals surface area contributed by atoms with Crippen LogP contribution in [0.25, 0.3) is 0 Å². The molecule has 0 aliphatic carbocycles. The van der Waals surface area contributed by atoms with Gasteiger partial charge in [0.2, 0.25) is 0 Å². The van der Waals surface area contributed by atoms with Gasteiger partial charge < -0.3 is 0 Å². The predicted molar refractivity (Wildman–Crippen MR) is 87.0 cm³/mol. The first-order valence-electron chi connectivity index (χ1n) is 5.86. The van der Waals surface area contributed by atoms with E-state index in [1.807, 2.05) is 18.2 Å². The molecule has 0 aromatic heterocycles. The van der Waals surface area contributed by atoms with E-state index < -0.39 is 0 Å². The molecule has 0 heterocycles. The van der Waals surface area contributed by atoms with Gasteiger partial charge in [-0.05, 0) is 57.7 Å². The molecule has 3 N–H and O–H groups in total. The number of halogens is 4. The molecule has 1 atom stereocenters. The summed E-state index contributed by atoms with van der Waals surface area (Å²) in [6.07, 6.45) is 0.635. The molecule has 2 nitrogen and oxygen atoms in total. The Kier molecular flexibility index (Phi) is 5.57. The third kappa shape index (κ3) is 3.80. The van der Waals surface area contributed by atoms with Crippen molar-refractivity contribution in [3.05, 3.63) is 67.3 Å². The molecule has 0 amide bonds. The van der Waals surface area contributed by atoms with Crippen LogP contribution >= 0.6 is 43.5 Å². The zero-order valence-electron chi connectivity index (χ0n) is 10.3. The molecule has 20 heavy (non-hydrogen) atoms. The summed E-state index contributed by atoms with van der Waals surface area (Å²) in [5, 5.41) is 0.654. The van der Waals surface area contributed by atoms with E-state index in [9.17, 15) is 4.39 Å². The van der Waals surface area contributed by atoms with Gasteiger partial charge >= 0.3 is 0 Å². The number of hydrogen-bond donors (Lipinski definition) is 2. The Morgan fingerprint density at radius 3 is 2.50 bits per heavy atom. The van der Waals surface area contributed by atoms with E-state index in [1.165, 1.54) is 6.07 Å². The van der Waals surface area contributed by atoms with Gasteiger partial charge in [0.15, 0.2) is 0 Å². The van der Waals surface area contributed by atoms with Crippen molar-refractivity contribution in [1.82, 2.24) is 5.43 Å². The van der Waals surface area contributed by atoms with Crippen LogP contribution in [0.3, 0.4) is 0 Å². The zero-order chi connectivity index (χ0) is 14.7. The quantitative estimate of drug-likeness (QED) is 0.551. The number of nitrogens with two attached hydrogens (primary N) is 1. The highest BCUT2D eigenvalue weighted by atomic mass is 79.9. The maximum atomic E-state index is 13.2. The Morgan fingerprint density at radius 2 is 1.90 bits per heavy atom. The molecule has 0 saturated carbocycles. The zero-order valence-corrected chi connectivity index (χ0v) is 14.3. The molecule has 0 saturated heterocycles. The smallest absolute Gasteiger partial charge is 0.137 e. The third-order valence-electron chi connectivity index (χ3n) is 2.96. The maximum absolute atomic E-state index is 13.2. The van der Waals surface area contributed by atoms with Gasteiger partial charge in [-0.3, -0.25) is 11.3 Å². The van der Waals surface area contributed by atoms with Gasteiger partial charge in [-0.25, -0.2) is 4.39 Å². The fourth-order valence-corrected chi connectivity index (χ4v) is 3.33. The minimum Gasteiger partial charge on any atom is -0.271 e. The molecule has 1 unspecified atom stereocenters. The summed E-state index contributed by atoms with van der Waals surface area (Å²) in [6.45, 7) is 0. The highest BCUT2D eigenvalue weighted by molar-refractivity contribution is 9.10. The first-order chi connectivity index (χ1) is 9.51. The number of nitrogens with one attached hydrogen (secondary N) is 1. The van der Waals surface area contributed by atoms with Crippen LogP contribution in [0.4, 0.5) is 4.39 Å². The number of benzene rings is 2. The molecular formula is C14H12Br2ClFN2. The summed E-state index contributed by atoms with van der Waals surface area (Å²) in [5.74, 6) is 5.36. The normalized spacial score (nSPS) is 12.4. The molecular weight excluding hydrogens is 410 g/mol. The van der Waals surface area contributed by atoms with E-state index in [-0.39, 0.29) is 11.9 Å². The molecule has 0 spiro atoms. The molecule has 0 bridgehead atoms. The van der Waals surface area contributed by atoms with Crippen molar-refractivity contribution < 1.29 is 4.39 Å². The van der Waals surface area contributed by atoms with Crippen LogP contribution < -0.4 is 11.3 Å². The van der Waals surface area contributed by atoms with Gasteiger partial charge in [0.05, 0.1) is 10.5 Å². The van der Waals surface area contributed by atoms with Crippen molar-refractivity contribution in [2.24, 2.45) is 5.84 Å². The fourth-order valence-electron chi connectivity index (χ4n) is 1.95. The van der Waals surface area contributed by atoms with Crippen molar-refractivity contribution in [2.75, 3.05) is 0 Å². The molecule has 0 aliphatic rings. The van der Waals surface area contributed by atoms with Crippen LogP contribution in [0.2, 0.25) is 5.02 Å². The summed E-state index contributed by atoms with van der Waals surface area (Å²) in [7, 11) is 0. The molecule has 2 rings (SSSR count). The van der Waals surface area contributed by atoms with Crippen LogP contribution in [0.5, 0.6) is 0 Å². The Bertz CT molecular complexity index is 622. The second-order valence-electron chi connectivity index (χ2n) is 4.34. The molecule has 0 fully saturated rings. The van der Waals surface area contributed by atoms with Crippen LogP contribution in [0, 0.1) is 5.82 Å². The lowest BCUT2D eigenvalue weighted by Crippen LogP contribution is -2.29. The SMILES string of the molecule is NNC(Cc1ccc(F)c(Br)c1)c1ccc(Cl)cc1Br. The highest BCUT2D eigenvalue weighted by Crippen LogP contribution is 2.29. The van der Waals surface area contributed by atoms with E-state index in [4.69, 9.17) is 17.4 Å². The van der Waals surface area contributed by atoms with Gasteiger partial charge in [0, 0.05) is 9.50 Å². The number of hydrogen-bond acceptors (Lipinski definition) is 2. The lowest BCUT2D eigenvalue weighted by Gasteiger charge is -2.18. The summed E-state index contributed by atoms with van der Waals surface area (Å²) in [6, 6.07) is 10.4. The van der Waals surface area contributed by atoms with E-state index in [1.54, 1.807) is 12.1 Å². The van der Waals surface area contributed by atoms with E-state index in [2.05, 4.69) is 37.3 Å². The molecule has 2 aromatic rings. The fraction of sp³-hybridized carbons (Fsp3) is 0.143. The van der Waals surface area contributed by atoms with E-state index >= 15 is 0 Å². The minimum absolute atomic E-state index is 0.0981. The number of hydrazine groups is 1. The Balaban J connectivity index is 2.26. The summed E-state index contributed by atoms with van der Waals surface area (Å²) in [5.41, 5.74) is 4.75. The van der Waals surface area contributed by atoms with Gasteiger partial charge in [0.25, 0.3) is 0 Å². The summed E-state index contributed by atoms with van der Waals surface area (Å²) < 4.78 is 14.6. The molecule has 6 heteroatoms. The first kappa shape index (κ1) is 15.9. The summed E-state index contributed by atoms with van der Waals surface area (Å²) in [4.78, 5) is 0. The van der Waals surface area contributed by atoms with Crippen LogP contribution in [-0.4, -0.2) is 0 Å². The predicted octanol–water partition coefficient (Wildman–Crippen LogP) is 4.75. The average Bonchev–Trinajstić information content (AvgIpc) is 2.41. The van der Waals surface area contributed by atoms with Crippen LogP contribution in [-0.2, 0) is 6.42 Å².